The Bertz CT molecular complexity index is 301. The summed E-state index contributed by atoms with van der Waals surface area (Å²) >= 11 is -1.64. The van der Waals surface area contributed by atoms with Crippen LogP contribution in [0.15, 0.2) is 35.2 Å². The molecule has 1 rings (SSSR count). The third-order valence-electron chi connectivity index (χ3n) is 1.05. The second-order valence-corrected chi connectivity index (χ2v) is 2.83. The minimum atomic E-state index is -1.64. The minimum absolute atomic E-state index is 0. The number of nitriles is 1. The quantitative estimate of drug-likeness (QED) is 0.414. The van der Waals surface area contributed by atoms with Crippen LogP contribution in [0, 0.1) is 11.5 Å². The van der Waals surface area contributed by atoms with Crippen LogP contribution in [0.3, 0.4) is 0 Å². The first kappa shape index (κ1) is 11.7. The van der Waals surface area contributed by atoms with E-state index in [1.54, 1.807) is 30.3 Å². The van der Waals surface area contributed by atoms with E-state index in [9.17, 15) is 4.21 Å². The zero-order chi connectivity index (χ0) is 8.10. The molecule has 0 saturated heterocycles. The standard InChI is InChI=1S/C7H5NO2S.Na.H/c8-6-10-11(9)7-4-2-1-3-5-7;;/h1-5H;;/q;+1;-1. The Morgan fingerprint density at radius 1 is 1.42 bits per heavy atom. The second-order valence-electron chi connectivity index (χ2n) is 1.72. The van der Waals surface area contributed by atoms with Crippen molar-refractivity contribution >= 4 is 11.1 Å². The van der Waals surface area contributed by atoms with Gasteiger partial charge in [-0.2, -0.15) is 0 Å². The van der Waals surface area contributed by atoms with Crippen molar-refractivity contribution in [3.05, 3.63) is 30.3 Å². The Morgan fingerprint density at radius 2 is 2.00 bits per heavy atom. The van der Waals surface area contributed by atoms with Crippen LogP contribution in [0.5, 0.6) is 0 Å². The van der Waals surface area contributed by atoms with Gasteiger partial charge in [0.25, 0.3) is 11.1 Å². The fraction of sp³-hybridized carbons (Fsp3) is 0. The molecule has 0 spiro atoms. The first-order valence-electron chi connectivity index (χ1n) is 2.88. The molecule has 1 unspecified atom stereocenters. The summed E-state index contributed by atoms with van der Waals surface area (Å²) in [5, 5.41) is 8.03. The minimum Gasteiger partial charge on any atom is -1.00 e. The van der Waals surface area contributed by atoms with Gasteiger partial charge in [-0.05, 0) is 12.1 Å². The molecule has 0 amide bonds. The number of nitrogens with zero attached hydrogens (tertiary/aromatic N) is 1. The van der Waals surface area contributed by atoms with E-state index in [-0.39, 0.29) is 31.0 Å². The SMILES string of the molecule is N#COS(=O)c1ccccc1.[H-].[Na+]. The van der Waals surface area contributed by atoms with Crippen molar-refractivity contribution in [2.24, 2.45) is 0 Å². The van der Waals surface area contributed by atoms with Crippen LogP contribution in [-0.2, 0) is 15.3 Å². The van der Waals surface area contributed by atoms with Gasteiger partial charge in [-0.25, -0.2) is 4.21 Å². The molecule has 0 bridgehead atoms. The Labute approximate surface area is 96.8 Å². The molecular weight excluding hydrogens is 185 g/mol. The van der Waals surface area contributed by atoms with Gasteiger partial charge < -0.3 is 5.61 Å². The van der Waals surface area contributed by atoms with E-state index < -0.39 is 11.1 Å². The number of benzene rings is 1. The topological polar surface area (TPSA) is 50.1 Å². The number of hydrogen-bond acceptors (Lipinski definition) is 3. The summed E-state index contributed by atoms with van der Waals surface area (Å²) in [6.07, 6.45) is 1.37. The molecule has 0 N–H and O–H groups in total. The normalized spacial score (nSPS) is 10.6. The van der Waals surface area contributed by atoms with Gasteiger partial charge in [0, 0.05) is 0 Å². The Hall–Kier alpha value is -0.340. The molecule has 0 saturated carbocycles. The maximum Gasteiger partial charge on any atom is 1.00 e. The first-order chi connectivity index (χ1) is 5.34. The van der Waals surface area contributed by atoms with Crippen LogP contribution in [0.25, 0.3) is 0 Å². The fourth-order valence-electron chi connectivity index (χ4n) is 0.614. The van der Waals surface area contributed by atoms with Crippen molar-refractivity contribution in [1.29, 1.82) is 5.26 Å². The summed E-state index contributed by atoms with van der Waals surface area (Å²) < 4.78 is 15.1. The summed E-state index contributed by atoms with van der Waals surface area (Å²) in [6, 6.07) is 8.52. The van der Waals surface area contributed by atoms with Gasteiger partial charge in [0.05, 0.1) is 4.90 Å². The van der Waals surface area contributed by atoms with E-state index in [2.05, 4.69) is 4.18 Å². The number of hydrogen-bond donors (Lipinski definition) is 0. The van der Waals surface area contributed by atoms with Gasteiger partial charge in [0.15, 0.2) is 0 Å². The Balaban J connectivity index is 0. The van der Waals surface area contributed by atoms with E-state index >= 15 is 0 Å². The molecular formula is C7H6NNaO2S. The molecule has 0 aromatic heterocycles. The molecule has 0 fully saturated rings. The molecule has 0 heterocycles. The van der Waals surface area contributed by atoms with Crippen molar-refractivity contribution < 1.29 is 39.4 Å². The monoisotopic (exact) mass is 191 g/mol. The van der Waals surface area contributed by atoms with Crippen molar-refractivity contribution in [2.75, 3.05) is 0 Å². The van der Waals surface area contributed by atoms with Crippen molar-refractivity contribution in [3.8, 4) is 6.26 Å². The molecule has 12 heavy (non-hydrogen) atoms. The van der Waals surface area contributed by atoms with Crippen LogP contribution in [0.4, 0.5) is 0 Å². The molecule has 3 nitrogen and oxygen atoms in total. The van der Waals surface area contributed by atoms with Crippen molar-refractivity contribution in [1.82, 2.24) is 0 Å². The van der Waals surface area contributed by atoms with Crippen LogP contribution in [-0.4, -0.2) is 4.21 Å². The van der Waals surface area contributed by atoms with Crippen LogP contribution < -0.4 is 29.6 Å². The summed E-state index contributed by atoms with van der Waals surface area (Å²) in [5.74, 6) is 0. The van der Waals surface area contributed by atoms with E-state index in [1.807, 2.05) is 0 Å². The predicted octanol–water partition coefficient (Wildman–Crippen LogP) is -1.68. The number of rotatable bonds is 2. The zero-order valence-corrected chi connectivity index (χ0v) is 9.38. The van der Waals surface area contributed by atoms with Crippen LogP contribution >= 0.6 is 0 Å². The molecule has 1 aromatic rings. The summed E-state index contributed by atoms with van der Waals surface area (Å²) in [5.41, 5.74) is 0. The zero-order valence-electron chi connectivity index (χ0n) is 7.56. The van der Waals surface area contributed by atoms with Crippen LogP contribution in [0.1, 0.15) is 1.43 Å². The fourth-order valence-corrected chi connectivity index (χ4v) is 1.16. The molecule has 0 aliphatic rings. The summed E-state index contributed by atoms with van der Waals surface area (Å²) in [6.45, 7) is 0. The Morgan fingerprint density at radius 3 is 2.50 bits per heavy atom. The van der Waals surface area contributed by atoms with Gasteiger partial charge in [0.1, 0.15) is 0 Å². The van der Waals surface area contributed by atoms with E-state index in [4.69, 9.17) is 5.26 Å². The Kier molecular flexibility index (Phi) is 6.03. The maximum absolute atomic E-state index is 10.9. The average Bonchev–Trinajstić information content (AvgIpc) is 2.07. The average molecular weight is 191 g/mol. The van der Waals surface area contributed by atoms with Gasteiger partial charge in [-0.1, -0.05) is 18.2 Å². The van der Waals surface area contributed by atoms with Gasteiger partial charge >= 0.3 is 35.8 Å². The second kappa shape index (κ2) is 6.21. The van der Waals surface area contributed by atoms with E-state index in [0.29, 0.717) is 4.90 Å². The third-order valence-corrected chi connectivity index (χ3v) is 1.93. The maximum atomic E-state index is 10.9. The van der Waals surface area contributed by atoms with E-state index in [0.717, 1.165) is 0 Å². The largest absolute Gasteiger partial charge is 1.00 e. The van der Waals surface area contributed by atoms with Crippen molar-refractivity contribution in [3.63, 3.8) is 0 Å². The van der Waals surface area contributed by atoms with Gasteiger partial charge in [-0.15, -0.1) is 5.26 Å². The van der Waals surface area contributed by atoms with E-state index in [1.165, 1.54) is 6.26 Å². The summed E-state index contributed by atoms with van der Waals surface area (Å²) in [7, 11) is 0. The predicted molar refractivity (Wildman–Crippen MR) is 40.7 cm³/mol. The van der Waals surface area contributed by atoms with Gasteiger partial charge in [0.2, 0.25) is 0 Å². The van der Waals surface area contributed by atoms with Crippen molar-refractivity contribution in [2.45, 2.75) is 4.90 Å². The molecule has 0 aliphatic heterocycles. The van der Waals surface area contributed by atoms with Gasteiger partial charge in [-0.3, -0.25) is 0 Å². The first-order valence-corrected chi connectivity index (χ1v) is 3.95. The molecule has 0 radical (unpaired) electrons. The third kappa shape index (κ3) is 3.37. The molecule has 1 aromatic carbocycles. The molecule has 1 atom stereocenters. The summed E-state index contributed by atoms with van der Waals surface area (Å²) in [4.78, 5) is 0.494. The molecule has 5 heteroatoms. The molecule has 0 aliphatic carbocycles. The molecule has 58 valence electrons. The van der Waals surface area contributed by atoms with Crippen LogP contribution in [0.2, 0.25) is 0 Å². The smallest absolute Gasteiger partial charge is 1.00 e.